The number of benzene rings is 3. The number of nitrogens with zero attached hydrogens (tertiary/aromatic N) is 3. The van der Waals surface area contributed by atoms with Crippen LogP contribution in [0, 0.1) is 24.2 Å². The molecule has 4 atom stereocenters. The molecule has 7 heteroatoms. The molecule has 3 aromatic carbocycles. The van der Waals surface area contributed by atoms with Crippen LogP contribution in [0.3, 0.4) is 0 Å². The summed E-state index contributed by atoms with van der Waals surface area (Å²) in [6.07, 6.45) is 1.40. The van der Waals surface area contributed by atoms with Crippen LogP contribution < -0.4 is 5.32 Å². The van der Waals surface area contributed by atoms with E-state index in [4.69, 9.17) is 17.5 Å². The van der Waals surface area contributed by atoms with Gasteiger partial charge >= 0.3 is 0 Å². The molecule has 40 heavy (non-hydrogen) atoms. The predicted molar refractivity (Wildman–Crippen MR) is 165 cm³/mol. The summed E-state index contributed by atoms with van der Waals surface area (Å²) < 4.78 is 0. The second kappa shape index (κ2) is 10.7. The first-order chi connectivity index (χ1) is 19.3. The Hall–Kier alpha value is -3.70. The number of aliphatic hydroxyl groups excluding tert-OH is 1. The van der Waals surface area contributed by atoms with Gasteiger partial charge in [0.15, 0.2) is 5.11 Å². The molecule has 1 fully saturated rings. The molecule has 2 aliphatic heterocycles. The Labute approximate surface area is 241 Å². The third kappa shape index (κ3) is 4.77. The van der Waals surface area contributed by atoms with E-state index in [9.17, 15) is 5.11 Å². The number of aromatic nitrogens is 1. The van der Waals surface area contributed by atoms with E-state index < -0.39 is 6.10 Å². The van der Waals surface area contributed by atoms with E-state index in [1.54, 1.807) is 12.1 Å². The lowest BCUT2D eigenvalue weighted by Crippen LogP contribution is -2.57. The zero-order valence-electron chi connectivity index (χ0n) is 23.2. The van der Waals surface area contributed by atoms with Crippen LogP contribution in [0.15, 0.2) is 66.7 Å². The molecule has 1 aromatic heterocycles. The Morgan fingerprint density at radius 3 is 2.67 bits per heavy atom. The van der Waals surface area contributed by atoms with E-state index in [0.717, 1.165) is 31.6 Å². The minimum atomic E-state index is -0.455. The fourth-order valence-corrected chi connectivity index (χ4v) is 6.94. The van der Waals surface area contributed by atoms with Crippen LogP contribution in [-0.4, -0.2) is 57.3 Å². The minimum Gasteiger partial charge on any atom is -0.393 e. The van der Waals surface area contributed by atoms with E-state index in [-0.39, 0.29) is 18.0 Å². The number of piperidine rings is 1. The van der Waals surface area contributed by atoms with Crippen LogP contribution in [0.25, 0.3) is 22.0 Å². The number of para-hydroxylation sites is 1. The lowest BCUT2D eigenvalue weighted by Gasteiger charge is -2.50. The molecule has 0 amide bonds. The zero-order valence-corrected chi connectivity index (χ0v) is 24.0. The maximum absolute atomic E-state index is 10.9. The van der Waals surface area contributed by atoms with Gasteiger partial charge < -0.3 is 20.3 Å². The highest BCUT2D eigenvalue weighted by Crippen LogP contribution is 2.44. The molecular weight excluding hydrogens is 514 g/mol. The number of rotatable bonds is 4. The van der Waals surface area contributed by atoms with Crippen molar-refractivity contribution in [1.29, 1.82) is 5.26 Å². The molecule has 3 heterocycles. The summed E-state index contributed by atoms with van der Waals surface area (Å²) in [7, 11) is 2.03. The fraction of sp³-hybridized carbons (Fsp3) is 0.333. The number of fused-ring (bicyclic) bond motifs is 5. The Morgan fingerprint density at radius 1 is 1.18 bits per heavy atom. The molecule has 0 unspecified atom stereocenters. The van der Waals surface area contributed by atoms with Crippen molar-refractivity contribution in [2.75, 3.05) is 25.5 Å². The number of aliphatic hydroxyl groups is 1. The average molecular weight is 550 g/mol. The number of nitriles is 1. The second-order valence-corrected chi connectivity index (χ2v) is 11.7. The summed E-state index contributed by atoms with van der Waals surface area (Å²) in [6.45, 7) is 5.83. The molecule has 1 saturated heterocycles. The second-order valence-electron chi connectivity index (χ2n) is 11.3. The summed E-state index contributed by atoms with van der Waals surface area (Å²) in [6, 6.07) is 25.1. The summed E-state index contributed by atoms with van der Waals surface area (Å²) >= 11 is 5.85. The number of aromatic amines is 1. The van der Waals surface area contributed by atoms with Gasteiger partial charge in [0, 0.05) is 54.4 Å². The highest BCUT2D eigenvalue weighted by Gasteiger charge is 2.43. The maximum Gasteiger partial charge on any atom is 0.173 e. The first-order valence-electron chi connectivity index (χ1n) is 14.0. The SMILES string of the molecule is Cc1cccc(-c2cccc3c4c([nH]c23)[C@@H]2C[C@H](N(C)C(=S)Nc3ccc(C#N)cc3)[C@H]([C@H](C)O)CN2CC4)c1. The van der Waals surface area contributed by atoms with Crippen molar-refractivity contribution in [3.8, 4) is 17.2 Å². The van der Waals surface area contributed by atoms with E-state index in [1.807, 2.05) is 26.1 Å². The van der Waals surface area contributed by atoms with Crippen LogP contribution in [0.1, 0.15) is 41.8 Å². The number of nitrogens with one attached hydrogen (secondary N) is 2. The summed E-state index contributed by atoms with van der Waals surface area (Å²) in [4.78, 5) is 8.55. The molecule has 2 aliphatic rings. The van der Waals surface area contributed by atoms with Gasteiger partial charge in [-0.3, -0.25) is 4.90 Å². The summed E-state index contributed by atoms with van der Waals surface area (Å²) in [5, 5.41) is 25.2. The Morgan fingerprint density at radius 2 is 1.95 bits per heavy atom. The molecule has 6 rings (SSSR count). The van der Waals surface area contributed by atoms with Crippen molar-refractivity contribution >= 4 is 33.9 Å². The number of hydrogen-bond acceptors (Lipinski definition) is 4. The topological polar surface area (TPSA) is 78.3 Å². The van der Waals surface area contributed by atoms with Crippen LogP contribution in [-0.2, 0) is 6.42 Å². The molecule has 6 nitrogen and oxygen atoms in total. The van der Waals surface area contributed by atoms with Gasteiger partial charge in [-0.2, -0.15) is 5.26 Å². The first-order valence-corrected chi connectivity index (χ1v) is 14.4. The van der Waals surface area contributed by atoms with Gasteiger partial charge in [0.2, 0.25) is 0 Å². The quantitative estimate of drug-likeness (QED) is 0.271. The van der Waals surface area contributed by atoms with Crippen molar-refractivity contribution in [2.24, 2.45) is 5.92 Å². The number of thiocarbonyl (C=S) groups is 1. The molecule has 0 spiro atoms. The van der Waals surface area contributed by atoms with Gasteiger partial charge in [-0.25, -0.2) is 0 Å². The molecule has 4 aromatic rings. The van der Waals surface area contributed by atoms with Crippen LogP contribution in [0.5, 0.6) is 0 Å². The predicted octanol–water partition coefficient (Wildman–Crippen LogP) is 6.01. The Bertz CT molecular complexity index is 1600. The standard InChI is InChI=1S/C33H35N5OS/c1-20-6-4-7-23(16-20)25-8-5-9-26-27-14-15-38-19-28(21(2)39)29(17-30(38)32(27)36-31(25)26)37(3)33(40)35-24-12-10-22(18-34)11-13-24/h4-13,16,21,28-30,36,39H,14-15,17,19H2,1-3H3,(H,35,40)/t21-,28-,29-,30-/m0/s1. The molecule has 3 N–H and O–H groups in total. The zero-order chi connectivity index (χ0) is 28.0. The van der Waals surface area contributed by atoms with Gasteiger partial charge in [-0.1, -0.05) is 48.0 Å². The highest BCUT2D eigenvalue weighted by molar-refractivity contribution is 7.80. The van der Waals surface area contributed by atoms with Crippen molar-refractivity contribution in [3.05, 3.63) is 89.1 Å². The lowest BCUT2D eigenvalue weighted by molar-refractivity contribution is -0.0131. The number of anilines is 1. The van der Waals surface area contributed by atoms with Crippen molar-refractivity contribution in [1.82, 2.24) is 14.8 Å². The van der Waals surface area contributed by atoms with Crippen molar-refractivity contribution in [3.63, 3.8) is 0 Å². The van der Waals surface area contributed by atoms with Crippen LogP contribution in [0.2, 0.25) is 0 Å². The molecule has 0 saturated carbocycles. The fourth-order valence-electron chi connectivity index (χ4n) is 6.69. The van der Waals surface area contributed by atoms with Gasteiger partial charge in [-0.15, -0.1) is 0 Å². The molecular formula is C33H35N5OS. The van der Waals surface area contributed by atoms with Gasteiger partial charge in [0.25, 0.3) is 0 Å². The van der Waals surface area contributed by atoms with Crippen LogP contribution in [0.4, 0.5) is 5.69 Å². The van der Waals surface area contributed by atoms with Crippen molar-refractivity contribution in [2.45, 2.75) is 44.9 Å². The van der Waals surface area contributed by atoms with E-state index in [1.165, 1.54) is 38.9 Å². The molecule has 0 aliphatic carbocycles. The molecule has 0 bridgehead atoms. The number of aryl methyl sites for hydroxylation is 1. The maximum atomic E-state index is 10.9. The Balaban J connectivity index is 1.32. The third-order valence-corrected chi connectivity index (χ3v) is 9.22. The normalized spacial score (nSPS) is 21.2. The van der Waals surface area contributed by atoms with Gasteiger partial charge in [-0.05, 0) is 74.3 Å². The third-order valence-electron chi connectivity index (χ3n) is 8.83. The summed E-state index contributed by atoms with van der Waals surface area (Å²) in [5.74, 6) is 0.0655. The van der Waals surface area contributed by atoms with E-state index >= 15 is 0 Å². The van der Waals surface area contributed by atoms with Crippen molar-refractivity contribution < 1.29 is 5.11 Å². The smallest absolute Gasteiger partial charge is 0.173 e. The average Bonchev–Trinajstić information content (AvgIpc) is 3.36. The highest BCUT2D eigenvalue weighted by atomic mass is 32.1. The van der Waals surface area contributed by atoms with E-state index in [2.05, 4.69) is 75.6 Å². The monoisotopic (exact) mass is 549 g/mol. The number of H-pyrrole nitrogens is 1. The first kappa shape index (κ1) is 26.5. The van der Waals surface area contributed by atoms with Crippen LogP contribution >= 0.6 is 12.2 Å². The van der Waals surface area contributed by atoms with Gasteiger partial charge in [0.1, 0.15) is 0 Å². The number of hydrogen-bond donors (Lipinski definition) is 3. The molecule has 0 radical (unpaired) electrons. The summed E-state index contributed by atoms with van der Waals surface area (Å²) in [5.41, 5.74) is 9.11. The minimum absolute atomic E-state index is 0.0632. The van der Waals surface area contributed by atoms with E-state index in [0.29, 0.717) is 10.7 Å². The van der Waals surface area contributed by atoms with Gasteiger partial charge in [0.05, 0.1) is 29.3 Å². The lowest BCUT2D eigenvalue weighted by atomic mass is 9.80. The Kier molecular flexibility index (Phi) is 7.09. The molecule has 204 valence electrons. The largest absolute Gasteiger partial charge is 0.393 e.